The highest BCUT2D eigenvalue weighted by Gasteiger charge is 2.38. The van der Waals surface area contributed by atoms with E-state index >= 15 is 0 Å². The molecule has 0 amide bonds. The summed E-state index contributed by atoms with van der Waals surface area (Å²) in [4.78, 5) is 0. The van der Waals surface area contributed by atoms with Crippen molar-refractivity contribution in [1.82, 2.24) is 0 Å². The predicted octanol–water partition coefficient (Wildman–Crippen LogP) is 3.73. The lowest BCUT2D eigenvalue weighted by atomic mass is 10.5. The van der Waals surface area contributed by atoms with Gasteiger partial charge in [0.2, 0.25) is 0 Å². The van der Waals surface area contributed by atoms with Gasteiger partial charge in [0.05, 0.1) is 26.4 Å². The molecule has 0 aliphatic rings. The summed E-state index contributed by atoms with van der Waals surface area (Å²) >= 11 is 0. The highest BCUT2D eigenvalue weighted by atomic mass is 33.1. The van der Waals surface area contributed by atoms with E-state index in [9.17, 15) is 0 Å². The van der Waals surface area contributed by atoms with Crippen molar-refractivity contribution in [2.24, 2.45) is 0 Å². The first-order valence-electron chi connectivity index (χ1n) is 9.50. The van der Waals surface area contributed by atoms with E-state index in [4.69, 9.17) is 18.9 Å². The van der Waals surface area contributed by atoms with Crippen LogP contribution in [0.3, 0.4) is 0 Å². The summed E-state index contributed by atoms with van der Waals surface area (Å²) in [7, 11) is 2.34. The van der Waals surface area contributed by atoms with E-state index in [1.165, 1.54) is 0 Å². The third-order valence-corrected chi connectivity index (χ3v) is 12.5. The molecule has 0 atom stereocenters. The van der Waals surface area contributed by atoms with Gasteiger partial charge in [-0.25, -0.2) is 0 Å². The van der Waals surface area contributed by atoms with Gasteiger partial charge in [-0.2, -0.15) is 0 Å². The number of ether oxygens (including phenoxy) is 4. The maximum Gasteiger partial charge on any atom is 0.199 e. The summed E-state index contributed by atoms with van der Waals surface area (Å²) < 4.78 is 23.7. The molecule has 0 radical (unpaired) electrons. The van der Waals surface area contributed by atoms with Crippen LogP contribution in [-0.2, 0) is 18.9 Å². The van der Waals surface area contributed by atoms with Gasteiger partial charge in [0.25, 0.3) is 0 Å². The van der Waals surface area contributed by atoms with E-state index in [0.29, 0.717) is 0 Å². The molecule has 0 N–H and O–H groups in total. The molecule has 0 heterocycles. The molecule has 0 aromatic carbocycles. The van der Waals surface area contributed by atoms with E-state index in [2.05, 4.69) is 40.8 Å². The largest absolute Gasteiger partial charge is 0.345 e. The summed E-state index contributed by atoms with van der Waals surface area (Å²) in [6, 6.07) is 0. The van der Waals surface area contributed by atoms with Crippen LogP contribution in [0.2, 0.25) is 13.1 Å². The third kappa shape index (κ3) is 9.61. The molecule has 0 saturated carbocycles. The van der Waals surface area contributed by atoms with E-state index < -0.39 is 28.5 Å². The van der Waals surface area contributed by atoms with Crippen LogP contribution in [0.4, 0.5) is 0 Å². The summed E-state index contributed by atoms with van der Waals surface area (Å²) in [6.45, 7) is 16.0. The number of hydrogen-bond donors (Lipinski definition) is 0. The van der Waals surface area contributed by atoms with Gasteiger partial charge in [0.15, 0.2) is 9.48 Å². The van der Waals surface area contributed by atoms with Crippen LogP contribution >= 0.6 is 21.6 Å². The molecule has 0 saturated heterocycles. The first-order valence-corrected chi connectivity index (χ1v) is 15.9. The standard InChI is InChI=1S/C16H38O4S2Si2/c1-7-11-17-15(23-5,18-12-8-2)21-22-16(24-6,19-13-9-3)20-14-10-4/h7-14,23-24H2,1-6H3. The highest BCUT2D eigenvalue weighted by Crippen LogP contribution is 2.46. The van der Waals surface area contributed by atoms with Gasteiger partial charge < -0.3 is 18.9 Å². The Hall–Kier alpha value is 0.974. The van der Waals surface area contributed by atoms with E-state index in [1.54, 1.807) is 21.6 Å². The second-order valence-corrected chi connectivity index (χ2v) is 12.5. The Morgan fingerprint density at radius 1 is 0.583 bits per heavy atom. The fourth-order valence-corrected chi connectivity index (χ4v) is 9.50. The highest BCUT2D eigenvalue weighted by molar-refractivity contribution is 8.78. The smallest absolute Gasteiger partial charge is 0.199 e. The Kier molecular flexibility index (Phi) is 15.7. The van der Waals surface area contributed by atoms with Crippen LogP contribution in [0, 0.1) is 0 Å². The Morgan fingerprint density at radius 3 is 1.00 bits per heavy atom. The van der Waals surface area contributed by atoms with Gasteiger partial charge in [-0.1, -0.05) is 40.8 Å². The summed E-state index contributed by atoms with van der Waals surface area (Å²) in [5.41, 5.74) is 0. The molecule has 0 fully saturated rings. The molecule has 0 unspecified atom stereocenters. The van der Waals surface area contributed by atoms with E-state index in [0.717, 1.165) is 52.1 Å². The van der Waals surface area contributed by atoms with Crippen molar-refractivity contribution < 1.29 is 18.9 Å². The molecule has 0 rings (SSSR count). The second-order valence-electron chi connectivity index (χ2n) is 5.63. The van der Waals surface area contributed by atoms with Crippen molar-refractivity contribution in [1.29, 1.82) is 0 Å². The van der Waals surface area contributed by atoms with Gasteiger partial charge in [-0.3, -0.25) is 0 Å². The average molecular weight is 415 g/mol. The average Bonchev–Trinajstić information content (AvgIpc) is 2.63. The maximum atomic E-state index is 6.16. The van der Waals surface area contributed by atoms with Crippen LogP contribution in [0.5, 0.6) is 0 Å². The zero-order chi connectivity index (χ0) is 18.3. The molecule has 0 bridgehead atoms. The normalized spacial score (nSPS) is 13.8. The minimum atomic E-state index is -0.532. The van der Waals surface area contributed by atoms with E-state index in [1.807, 2.05) is 0 Å². The van der Waals surface area contributed by atoms with Crippen LogP contribution < -0.4 is 0 Å². The van der Waals surface area contributed by atoms with Crippen molar-refractivity contribution in [3.05, 3.63) is 0 Å². The molecule has 0 spiro atoms. The topological polar surface area (TPSA) is 36.9 Å². The maximum absolute atomic E-state index is 6.16. The lowest BCUT2D eigenvalue weighted by Crippen LogP contribution is -2.42. The van der Waals surface area contributed by atoms with Crippen molar-refractivity contribution in [3.8, 4) is 0 Å². The van der Waals surface area contributed by atoms with Gasteiger partial charge >= 0.3 is 0 Å². The van der Waals surface area contributed by atoms with Crippen molar-refractivity contribution in [2.45, 2.75) is 76.0 Å². The lowest BCUT2D eigenvalue weighted by molar-refractivity contribution is -0.119. The molecule has 8 heteroatoms. The molecule has 146 valence electrons. The first kappa shape index (κ1) is 25.0. The SMILES string of the molecule is CCCOC(OCCC)([SiH2]C)SSC(OCCC)(OCCC)[SiH2]C. The Bertz CT molecular complexity index is 255. The van der Waals surface area contributed by atoms with Crippen LogP contribution in [0.1, 0.15) is 53.4 Å². The fraction of sp³-hybridized carbons (Fsp3) is 1.00. The van der Waals surface area contributed by atoms with E-state index in [-0.39, 0.29) is 0 Å². The zero-order valence-corrected chi connectivity index (χ0v) is 21.0. The molecule has 0 aliphatic carbocycles. The lowest BCUT2D eigenvalue weighted by Gasteiger charge is -2.37. The van der Waals surface area contributed by atoms with Crippen LogP contribution in [0.15, 0.2) is 0 Å². The van der Waals surface area contributed by atoms with Crippen molar-refractivity contribution in [3.63, 3.8) is 0 Å². The molecular formula is C16H38O4S2Si2. The van der Waals surface area contributed by atoms with Crippen molar-refractivity contribution in [2.75, 3.05) is 26.4 Å². The molecule has 4 nitrogen and oxygen atoms in total. The van der Waals surface area contributed by atoms with Gasteiger partial charge in [0.1, 0.15) is 19.0 Å². The van der Waals surface area contributed by atoms with Crippen LogP contribution in [0.25, 0.3) is 0 Å². The molecule has 0 aromatic rings. The fourth-order valence-electron chi connectivity index (χ4n) is 1.86. The second kappa shape index (κ2) is 15.1. The summed E-state index contributed by atoms with van der Waals surface area (Å²) in [5.74, 6) is 0. The van der Waals surface area contributed by atoms with Gasteiger partial charge in [0, 0.05) is 0 Å². The quantitative estimate of drug-likeness (QED) is 0.205. The predicted molar refractivity (Wildman–Crippen MR) is 114 cm³/mol. The Balaban J connectivity index is 5.02. The third-order valence-electron chi connectivity index (χ3n) is 3.27. The summed E-state index contributed by atoms with van der Waals surface area (Å²) in [5, 5.41) is 0. The molecule has 24 heavy (non-hydrogen) atoms. The van der Waals surface area contributed by atoms with Crippen molar-refractivity contribution >= 4 is 40.6 Å². The minimum absolute atomic E-state index is 0.476. The molecular weight excluding hydrogens is 376 g/mol. The number of hydrogen-bond acceptors (Lipinski definition) is 6. The van der Waals surface area contributed by atoms with Crippen LogP contribution in [-0.4, -0.2) is 55.0 Å². The Labute approximate surface area is 161 Å². The Morgan fingerprint density at radius 2 is 0.833 bits per heavy atom. The molecule has 0 aromatic heterocycles. The monoisotopic (exact) mass is 414 g/mol. The minimum Gasteiger partial charge on any atom is -0.345 e. The number of rotatable bonds is 17. The zero-order valence-electron chi connectivity index (χ0n) is 16.5. The van der Waals surface area contributed by atoms with Gasteiger partial charge in [-0.15, -0.1) is 0 Å². The summed E-state index contributed by atoms with van der Waals surface area (Å²) in [6.07, 6.45) is 4.01. The molecule has 0 aliphatic heterocycles. The first-order chi connectivity index (χ1) is 11.6. The van der Waals surface area contributed by atoms with Gasteiger partial charge in [-0.05, 0) is 47.3 Å².